The number of aromatic nitrogens is 2. The zero-order valence-electron chi connectivity index (χ0n) is 6.50. The highest BCUT2D eigenvalue weighted by Gasteiger charge is 2.11. The molecule has 0 fully saturated rings. The van der Waals surface area contributed by atoms with Gasteiger partial charge in [-0.25, -0.2) is 9.37 Å². The number of alkyl halides is 1. The largest absolute Gasteiger partial charge is 0.332 e. The lowest BCUT2D eigenvalue weighted by Crippen LogP contribution is -2.11. The summed E-state index contributed by atoms with van der Waals surface area (Å²) in [5, 5.41) is 0. The second-order valence-electron chi connectivity index (χ2n) is 2.31. The molecule has 0 radical (unpaired) electrons. The SMILES string of the molecule is CCn1cncc1C(F)CN. The average molecular weight is 157 g/mol. The van der Waals surface area contributed by atoms with E-state index in [1.165, 1.54) is 6.20 Å². The Bertz CT molecular complexity index is 221. The van der Waals surface area contributed by atoms with Gasteiger partial charge in [0.05, 0.1) is 18.2 Å². The second-order valence-corrected chi connectivity index (χ2v) is 2.31. The van der Waals surface area contributed by atoms with Gasteiger partial charge in [0, 0.05) is 13.1 Å². The molecule has 0 aliphatic heterocycles. The van der Waals surface area contributed by atoms with Crippen LogP contribution in [-0.4, -0.2) is 16.1 Å². The average Bonchev–Trinajstić information content (AvgIpc) is 2.50. The summed E-state index contributed by atoms with van der Waals surface area (Å²) in [6.07, 6.45) is 2.04. The molecule has 11 heavy (non-hydrogen) atoms. The van der Waals surface area contributed by atoms with E-state index in [2.05, 4.69) is 4.98 Å². The molecule has 4 heteroatoms. The number of hydrogen-bond donors (Lipinski definition) is 1. The molecule has 0 saturated heterocycles. The summed E-state index contributed by atoms with van der Waals surface area (Å²) < 4.78 is 14.7. The van der Waals surface area contributed by atoms with Gasteiger partial charge in [-0.3, -0.25) is 0 Å². The van der Waals surface area contributed by atoms with Gasteiger partial charge in [-0.05, 0) is 6.92 Å². The first-order valence-corrected chi connectivity index (χ1v) is 3.63. The van der Waals surface area contributed by atoms with Gasteiger partial charge in [0.25, 0.3) is 0 Å². The Morgan fingerprint density at radius 3 is 3.09 bits per heavy atom. The summed E-state index contributed by atoms with van der Waals surface area (Å²) in [6.45, 7) is 2.69. The Kier molecular flexibility index (Phi) is 2.59. The van der Waals surface area contributed by atoms with E-state index in [1.54, 1.807) is 10.9 Å². The van der Waals surface area contributed by atoms with Crippen LogP contribution in [0, 0.1) is 0 Å². The standard InChI is InChI=1S/C7H12FN3/c1-2-11-5-10-4-7(11)6(8)3-9/h4-6H,2-3,9H2,1H3. The molecule has 1 aromatic rings. The number of nitrogens with two attached hydrogens (primary N) is 1. The normalized spacial score (nSPS) is 13.4. The van der Waals surface area contributed by atoms with E-state index < -0.39 is 6.17 Å². The second kappa shape index (κ2) is 3.48. The molecule has 0 aromatic carbocycles. The third kappa shape index (κ3) is 1.57. The van der Waals surface area contributed by atoms with Crippen LogP contribution in [0.15, 0.2) is 12.5 Å². The maximum atomic E-state index is 13.0. The van der Waals surface area contributed by atoms with Crippen molar-refractivity contribution in [1.82, 2.24) is 9.55 Å². The van der Waals surface area contributed by atoms with E-state index in [4.69, 9.17) is 5.73 Å². The molecule has 3 nitrogen and oxygen atoms in total. The smallest absolute Gasteiger partial charge is 0.154 e. The van der Waals surface area contributed by atoms with Gasteiger partial charge < -0.3 is 10.3 Å². The minimum Gasteiger partial charge on any atom is -0.332 e. The molecule has 1 heterocycles. The van der Waals surface area contributed by atoms with Crippen LogP contribution in [0.3, 0.4) is 0 Å². The maximum Gasteiger partial charge on any atom is 0.154 e. The van der Waals surface area contributed by atoms with Crippen molar-refractivity contribution in [3.8, 4) is 0 Å². The fourth-order valence-electron chi connectivity index (χ4n) is 0.977. The summed E-state index contributed by atoms with van der Waals surface area (Å²) in [4.78, 5) is 3.83. The number of rotatable bonds is 3. The van der Waals surface area contributed by atoms with Gasteiger partial charge >= 0.3 is 0 Å². The van der Waals surface area contributed by atoms with E-state index in [9.17, 15) is 4.39 Å². The molecule has 0 aliphatic carbocycles. The summed E-state index contributed by atoms with van der Waals surface area (Å²) in [5.41, 5.74) is 5.74. The van der Waals surface area contributed by atoms with E-state index in [1.807, 2.05) is 6.92 Å². The van der Waals surface area contributed by atoms with Crippen LogP contribution in [0.1, 0.15) is 18.8 Å². The van der Waals surface area contributed by atoms with E-state index >= 15 is 0 Å². The van der Waals surface area contributed by atoms with Crippen LogP contribution in [0.4, 0.5) is 4.39 Å². The van der Waals surface area contributed by atoms with Crippen molar-refractivity contribution < 1.29 is 4.39 Å². The molecule has 1 aromatic heterocycles. The highest BCUT2D eigenvalue weighted by atomic mass is 19.1. The van der Waals surface area contributed by atoms with Gasteiger partial charge in [-0.15, -0.1) is 0 Å². The van der Waals surface area contributed by atoms with Crippen molar-refractivity contribution in [3.05, 3.63) is 18.2 Å². The number of imidazole rings is 1. The molecule has 0 spiro atoms. The Morgan fingerprint density at radius 1 is 1.82 bits per heavy atom. The van der Waals surface area contributed by atoms with Crippen molar-refractivity contribution in [2.45, 2.75) is 19.6 Å². The predicted octanol–water partition coefficient (Wildman–Crippen LogP) is 0.872. The van der Waals surface area contributed by atoms with Crippen molar-refractivity contribution in [1.29, 1.82) is 0 Å². The lowest BCUT2D eigenvalue weighted by atomic mass is 10.3. The zero-order valence-corrected chi connectivity index (χ0v) is 6.50. The molecule has 2 N–H and O–H groups in total. The van der Waals surface area contributed by atoms with E-state index in [0.29, 0.717) is 5.69 Å². The third-order valence-corrected chi connectivity index (χ3v) is 1.61. The number of halogens is 1. The molecule has 0 amide bonds. The first-order valence-electron chi connectivity index (χ1n) is 3.63. The minimum atomic E-state index is -1.09. The van der Waals surface area contributed by atoms with Gasteiger partial charge in [-0.1, -0.05) is 0 Å². The van der Waals surface area contributed by atoms with Gasteiger partial charge in [0.1, 0.15) is 0 Å². The van der Waals surface area contributed by atoms with Crippen LogP contribution in [0.2, 0.25) is 0 Å². The Labute approximate surface area is 65.0 Å². The highest BCUT2D eigenvalue weighted by molar-refractivity contribution is 5.02. The highest BCUT2D eigenvalue weighted by Crippen LogP contribution is 2.14. The van der Waals surface area contributed by atoms with Crippen molar-refractivity contribution in [3.63, 3.8) is 0 Å². The van der Waals surface area contributed by atoms with Gasteiger partial charge in [0.2, 0.25) is 0 Å². The van der Waals surface area contributed by atoms with Crippen LogP contribution in [-0.2, 0) is 6.54 Å². The molecule has 62 valence electrons. The van der Waals surface area contributed by atoms with E-state index in [0.717, 1.165) is 6.54 Å². The lowest BCUT2D eigenvalue weighted by molar-refractivity contribution is 0.334. The van der Waals surface area contributed by atoms with Crippen molar-refractivity contribution >= 4 is 0 Å². The molecule has 0 saturated carbocycles. The Morgan fingerprint density at radius 2 is 2.55 bits per heavy atom. The predicted molar refractivity (Wildman–Crippen MR) is 40.8 cm³/mol. The lowest BCUT2D eigenvalue weighted by Gasteiger charge is -2.06. The monoisotopic (exact) mass is 157 g/mol. The summed E-state index contributed by atoms with van der Waals surface area (Å²) in [6, 6.07) is 0. The Balaban J connectivity index is 2.83. The molecule has 0 aliphatic rings. The molecule has 1 unspecified atom stereocenters. The maximum absolute atomic E-state index is 13.0. The van der Waals surface area contributed by atoms with Crippen LogP contribution in [0.5, 0.6) is 0 Å². The molecular formula is C7H12FN3. The van der Waals surface area contributed by atoms with Gasteiger partial charge in [-0.2, -0.15) is 0 Å². The zero-order chi connectivity index (χ0) is 8.27. The molecule has 1 atom stereocenters. The quantitative estimate of drug-likeness (QED) is 0.707. The first-order chi connectivity index (χ1) is 5.29. The molecular weight excluding hydrogens is 145 g/mol. The fraction of sp³-hybridized carbons (Fsp3) is 0.571. The number of nitrogens with zero attached hydrogens (tertiary/aromatic N) is 2. The van der Waals surface area contributed by atoms with Gasteiger partial charge in [0.15, 0.2) is 6.17 Å². The number of hydrogen-bond acceptors (Lipinski definition) is 2. The summed E-state index contributed by atoms with van der Waals surface area (Å²) >= 11 is 0. The third-order valence-electron chi connectivity index (χ3n) is 1.61. The molecule has 1 rings (SSSR count). The summed E-state index contributed by atoms with van der Waals surface area (Å²) in [5.74, 6) is 0. The van der Waals surface area contributed by atoms with Crippen LogP contribution >= 0.6 is 0 Å². The first kappa shape index (κ1) is 8.20. The van der Waals surface area contributed by atoms with Crippen LogP contribution < -0.4 is 5.73 Å². The summed E-state index contributed by atoms with van der Waals surface area (Å²) in [7, 11) is 0. The van der Waals surface area contributed by atoms with Crippen molar-refractivity contribution in [2.75, 3.05) is 6.54 Å². The van der Waals surface area contributed by atoms with Crippen molar-refractivity contribution in [2.24, 2.45) is 5.73 Å². The number of aryl methyl sites for hydroxylation is 1. The Hall–Kier alpha value is -0.900. The van der Waals surface area contributed by atoms with Crippen LogP contribution in [0.25, 0.3) is 0 Å². The van der Waals surface area contributed by atoms with E-state index in [-0.39, 0.29) is 6.54 Å². The molecule has 0 bridgehead atoms. The fourth-order valence-corrected chi connectivity index (χ4v) is 0.977. The minimum absolute atomic E-state index is 0.0195. The topological polar surface area (TPSA) is 43.8 Å².